The first kappa shape index (κ1) is 14.3. The monoisotopic (exact) mass is 350 g/mol. The van der Waals surface area contributed by atoms with Gasteiger partial charge in [0, 0.05) is 10.0 Å². The average Bonchev–Trinajstić information content (AvgIpc) is 2.55. The molecule has 0 saturated heterocycles. The van der Waals surface area contributed by atoms with Crippen LogP contribution in [0.15, 0.2) is 65.1 Å². The Morgan fingerprint density at radius 2 is 1.68 bits per heavy atom. The van der Waals surface area contributed by atoms with Gasteiger partial charge in [-0.1, -0.05) is 52.3 Å². The lowest BCUT2D eigenvalue weighted by Gasteiger charge is -2.10. The molecule has 0 bridgehead atoms. The van der Waals surface area contributed by atoms with Crippen LogP contribution in [0.25, 0.3) is 10.8 Å². The third-order valence-corrected chi connectivity index (χ3v) is 4.10. The van der Waals surface area contributed by atoms with Crippen molar-refractivity contribution < 1.29 is 4.79 Å². The predicted octanol–water partition coefficient (Wildman–Crippen LogP) is 4.73. The van der Waals surface area contributed by atoms with Crippen molar-refractivity contribution in [2.45, 2.75) is 0 Å². The van der Waals surface area contributed by atoms with Crippen LogP contribution in [0, 0.1) is 11.3 Å². The molecule has 0 aliphatic heterocycles. The number of nitriles is 1. The Balaban J connectivity index is 2.03. The van der Waals surface area contributed by atoms with Crippen LogP contribution >= 0.6 is 15.9 Å². The van der Waals surface area contributed by atoms with Gasteiger partial charge in [-0.2, -0.15) is 5.26 Å². The number of para-hydroxylation sites is 1. The highest BCUT2D eigenvalue weighted by Gasteiger charge is 2.12. The predicted molar refractivity (Wildman–Crippen MR) is 90.8 cm³/mol. The molecular formula is C18H11BrN2O. The van der Waals surface area contributed by atoms with Gasteiger partial charge < -0.3 is 5.32 Å². The number of nitrogens with one attached hydrogen (secondary N) is 1. The molecule has 0 saturated carbocycles. The second-order valence-corrected chi connectivity index (χ2v) is 5.61. The summed E-state index contributed by atoms with van der Waals surface area (Å²) in [6.45, 7) is 0. The number of amides is 1. The first-order valence-electron chi connectivity index (χ1n) is 6.68. The zero-order valence-electron chi connectivity index (χ0n) is 11.5. The van der Waals surface area contributed by atoms with Gasteiger partial charge in [-0.05, 0) is 35.0 Å². The molecule has 106 valence electrons. The minimum Gasteiger partial charge on any atom is -0.321 e. The van der Waals surface area contributed by atoms with Gasteiger partial charge in [0.25, 0.3) is 5.91 Å². The highest BCUT2D eigenvalue weighted by atomic mass is 79.9. The van der Waals surface area contributed by atoms with E-state index in [1.807, 2.05) is 30.3 Å². The molecule has 0 aromatic heterocycles. The standard InChI is InChI=1S/C18H11BrN2O/c19-16-9-4-6-13-14(16)7-3-8-15(13)18(22)21-17-10-2-1-5-12(17)11-20/h1-10H,(H,21,22). The van der Waals surface area contributed by atoms with Crippen LogP contribution in [0.2, 0.25) is 0 Å². The lowest BCUT2D eigenvalue weighted by atomic mass is 10.0. The Hall–Kier alpha value is -2.64. The van der Waals surface area contributed by atoms with E-state index in [1.165, 1.54) is 0 Å². The summed E-state index contributed by atoms with van der Waals surface area (Å²) in [5.74, 6) is -0.230. The van der Waals surface area contributed by atoms with E-state index in [9.17, 15) is 4.79 Å². The molecule has 1 amide bonds. The van der Waals surface area contributed by atoms with E-state index < -0.39 is 0 Å². The van der Waals surface area contributed by atoms with Crippen LogP contribution in [0.1, 0.15) is 15.9 Å². The summed E-state index contributed by atoms with van der Waals surface area (Å²) >= 11 is 3.50. The molecule has 0 atom stereocenters. The van der Waals surface area contributed by atoms with Crippen molar-refractivity contribution in [2.75, 3.05) is 5.32 Å². The fourth-order valence-corrected chi connectivity index (χ4v) is 2.85. The fraction of sp³-hybridized carbons (Fsp3) is 0. The largest absolute Gasteiger partial charge is 0.321 e. The van der Waals surface area contributed by atoms with Gasteiger partial charge in [0.1, 0.15) is 6.07 Å². The lowest BCUT2D eigenvalue weighted by molar-refractivity contribution is 0.102. The van der Waals surface area contributed by atoms with Gasteiger partial charge in [0.2, 0.25) is 0 Å². The summed E-state index contributed by atoms with van der Waals surface area (Å²) in [5.41, 5.74) is 1.53. The lowest BCUT2D eigenvalue weighted by Crippen LogP contribution is -2.13. The van der Waals surface area contributed by atoms with Gasteiger partial charge in [-0.3, -0.25) is 4.79 Å². The van der Waals surface area contributed by atoms with Gasteiger partial charge in [0.15, 0.2) is 0 Å². The SMILES string of the molecule is N#Cc1ccccc1NC(=O)c1cccc2c(Br)cccc12. The second-order valence-electron chi connectivity index (χ2n) is 4.75. The maximum atomic E-state index is 12.6. The number of halogens is 1. The van der Waals surface area contributed by atoms with E-state index in [0.717, 1.165) is 15.2 Å². The Labute approximate surface area is 136 Å². The van der Waals surface area contributed by atoms with Crippen LogP contribution in [0.5, 0.6) is 0 Å². The third-order valence-electron chi connectivity index (χ3n) is 3.41. The second kappa shape index (κ2) is 6.00. The van der Waals surface area contributed by atoms with Gasteiger partial charge in [-0.15, -0.1) is 0 Å². The maximum Gasteiger partial charge on any atom is 0.256 e. The molecule has 3 aromatic rings. The minimum absolute atomic E-state index is 0.230. The summed E-state index contributed by atoms with van der Waals surface area (Å²) < 4.78 is 0.942. The number of hydrogen-bond acceptors (Lipinski definition) is 2. The van der Waals surface area contributed by atoms with Crippen LogP contribution in [0.3, 0.4) is 0 Å². The average molecular weight is 351 g/mol. The number of carbonyl (C=O) groups is 1. The number of carbonyl (C=O) groups excluding carboxylic acids is 1. The fourth-order valence-electron chi connectivity index (χ4n) is 2.35. The highest BCUT2D eigenvalue weighted by molar-refractivity contribution is 9.10. The molecule has 0 radical (unpaired) electrons. The molecule has 0 fully saturated rings. The zero-order valence-corrected chi connectivity index (χ0v) is 13.1. The first-order valence-corrected chi connectivity index (χ1v) is 7.48. The molecule has 0 aliphatic carbocycles. The number of anilines is 1. The highest BCUT2D eigenvalue weighted by Crippen LogP contribution is 2.27. The molecule has 1 N–H and O–H groups in total. The van der Waals surface area contributed by atoms with Gasteiger partial charge in [-0.25, -0.2) is 0 Å². The molecule has 3 aromatic carbocycles. The van der Waals surface area contributed by atoms with Crippen LogP contribution in [-0.2, 0) is 0 Å². The van der Waals surface area contributed by atoms with Crippen molar-refractivity contribution in [1.82, 2.24) is 0 Å². The Kier molecular flexibility index (Phi) is 3.90. The Bertz CT molecular complexity index is 912. The van der Waals surface area contributed by atoms with E-state index in [4.69, 9.17) is 5.26 Å². The molecule has 3 rings (SSSR count). The Morgan fingerprint density at radius 3 is 2.50 bits per heavy atom. The van der Waals surface area contributed by atoms with E-state index in [1.54, 1.807) is 30.3 Å². The minimum atomic E-state index is -0.230. The molecule has 0 spiro atoms. The Morgan fingerprint density at radius 1 is 0.955 bits per heavy atom. The van der Waals surface area contributed by atoms with E-state index in [2.05, 4.69) is 27.3 Å². The molecule has 4 heteroatoms. The summed E-state index contributed by atoms with van der Waals surface area (Å²) in [5, 5.41) is 13.8. The van der Waals surface area contributed by atoms with Gasteiger partial charge in [0.05, 0.1) is 11.3 Å². The molecular weight excluding hydrogens is 340 g/mol. The number of rotatable bonds is 2. The third kappa shape index (κ3) is 2.59. The quantitative estimate of drug-likeness (QED) is 0.726. The number of benzene rings is 3. The summed E-state index contributed by atoms with van der Waals surface area (Å²) in [6.07, 6.45) is 0. The van der Waals surface area contributed by atoms with Crippen molar-refractivity contribution in [1.29, 1.82) is 5.26 Å². The zero-order chi connectivity index (χ0) is 15.5. The van der Waals surface area contributed by atoms with E-state index in [-0.39, 0.29) is 5.91 Å². The number of hydrogen-bond donors (Lipinski definition) is 1. The summed E-state index contributed by atoms with van der Waals surface area (Å²) in [7, 11) is 0. The number of nitrogens with zero attached hydrogens (tertiary/aromatic N) is 1. The summed E-state index contributed by atoms with van der Waals surface area (Å²) in [4.78, 5) is 12.6. The molecule has 0 aliphatic rings. The van der Waals surface area contributed by atoms with Gasteiger partial charge >= 0.3 is 0 Å². The van der Waals surface area contributed by atoms with Crippen LogP contribution < -0.4 is 5.32 Å². The van der Waals surface area contributed by atoms with E-state index >= 15 is 0 Å². The molecule has 0 unspecified atom stereocenters. The molecule has 22 heavy (non-hydrogen) atoms. The molecule has 3 nitrogen and oxygen atoms in total. The van der Waals surface area contributed by atoms with Crippen molar-refractivity contribution in [3.63, 3.8) is 0 Å². The topological polar surface area (TPSA) is 52.9 Å². The normalized spacial score (nSPS) is 10.2. The first-order chi connectivity index (χ1) is 10.7. The summed E-state index contributed by atoms with van der Waals surface area (Å²) in [6, 6.07) is 20.3. The van der Waals surface area contributed by atoms with Crippen molar-refractivity contribution in [2.24, 2.45) is 0 Å². The van der Waals surface area contributed by atoms with Crippen molar-refractivity contribution in [3.8, 4) is 6.07 Å². The maximum absolute atomic E-state index is 12.6. The number of fused-ring (bicyclic) bond motifs is 1. The smallest absolute Gasteiger partial charge is 0.256 e. The van der Waals surface area contributed by atoms with Crippen LogP contribution in [0.4, 0.5) is 5.69 Å². The molecule has 0 heterocycles. The van der Waals surface area contributed by atoms with E-state index in [0.29, 0.717) is 16.8 Å². The van der Waals surface area contributed by atoms with Crippen LogP contribution in [-0.4, -0.2) is 5.91 Å². The van der Waals surface area contributed by atoms with Crippen molar-refractivity contribution in [3.05, 3.63) is 76.3 Å². The van der Waals surface area contributed by atoms with Crippen molar-refractivity contribution >= 4 is 38.3 Å².